The summed E-state index contributed by atoms with van der Waals surface area (Å²) in [5.41, 5.74) is 0. The summed E-state index contributed by atoms with van der Waals surface area (Å²) in [6.07, 6.45) is 0.632. The van der Waals surface area contributed by atoms with Gasteiger partial charge in [-0.3, -0.25) is 14.4 Å². The minimum absolute atomic E-state index is 0.0520. The number of carboxylic acid groups (broad SMARTS) is 2. The van der Waals surface area contributed by atoms with Gasteiger partial charge in [-0.05, 0) is 12.8 Å². The number of nitrogens with one attached hydrogen (secondary N) is 1. The Kier molecular flexibility index (Phi) is 3.65. The quantitative estimate of drug-likeness (QED) is 0.590. The maximum absolute atomic E-state index is 11.1. The van der Waals surface area contributed by atoms with E-state index in [1.807, 2.05) is 0 Å². The number of carboxylic acids is 2. The van der Waals surface area contributed by atoms with Crippen molar-refractivity contribution in [3.63, 3.8) is 0 Å². The van der Waals surface area contributed by atoms with E-state index in [1.165, 1.54) is 0 Å². The molecule has 6 heteroatoms. The molecule has 1 saturated carbocycles. The Balaban J connectivity index is 2.13. The molecule has 15 heavy (non-hydrogen) atoms. The van der Waals surface area contributed by atoms with Gasteiger partial charge in [0.2, 0.25) is 5.91 Å². The van der Waals surface area contributed by atoms with Crippen molar-refractivity contribution in [3.05, 3.63) is 0 Å². The first kappa shape index (κ1) is 11.5. The average Bonchev–Trinajstić information content (AvgIpc) is 2.06. The van der Waals surface area contributed by atoms with Gasteiger partial charge in [0.1, 0.15) is 0 Å². The van der Waals surface area contributed by atoms with E-state index in [0.717, 1.165) is 0 Å². The highest BCUT2D eigenvalue weighted by atomic mass is 16.4. The summed E-state index contributed by atoms with van der Waals surface area (Å²) in [5, 5.41) is 19.5. The summed E-state index contributed by atoms with van der Waals surface area (Å²) in [6, 6.07) is -0.104. The highest BCUT2D eigenvalue weighted by molar-refractivity contribution is 5.81. The molecule has 0 heterocycles. The molecular formula is C9H13NO5. The molecule has 1 fully saturated rings. The highest BCUT2D eigenvalue weighted by Crippen LogP contribution is 2.27. The lowest BCUT2D eigenvalue weighted by molar-refractivity contribution is -0.146. The lowest BCUT2D eigenvalue weighted by atomic mass is 9.80. The van der Waals surface area contributed by atoms with Gasteiger partial charge in [-0.25, -0.2) is 0 Å². The molecule has 0 spiro atoms. The third-order valence-electron chi connectivity index (χ3n) is 2.42. The molecule has 0 radical (unpaired) electrons. The number of aliphatic carboxylic acids is 2. The van der Waals surface area contributed by atoms with Crippen molar-refractivity contribution in [2.45, 2.75) is 31.7 Å². The minimum atomic E-state index is -1.01. The molecule has 0 saturated heterocycles. The Labute approximate surface area is 86.3 Å². The Morgan fingerprint density at radius 3 is 2.20 bits per heavy atom. The second-order valence-corrected chi connectivity index (χ2v) is 3.66. The van der Waals surface area contributed by atoms with Crippen LogP contribution >= 0.6 is 0 Å². The molecule has 0 aliphatic heterocycles. The van der Waals surface area contributed by atoms with Crippen molar-refractivity contribution in [2.24, 2.45) is 5.92 Å². The Morgan fingerprint density at radius 1 is 1.13 bits per heavy atom. The lowest BCUT2D eigenvalue weighted by Gasteiger charge is -2.32. The van der Waals surface area contributed by atoms with Gasteiger partial charge in [-0.15, -0.1) is 0 Å². The second-order valence-electron chi connectivity index (χ2n) is 3.66. The second kappa shape index (κ2) is 4.77. The van der Waals surface area contributed by atoms with Crippen LogP contribution in [0, 0.1) is 5.92 Å². The first-order valence-corrected chi connectivity index (χ1v) is 4.73. The topological polar surface area (TPSA) is 104 Å². The fourth-order valence-corrected chi connectivity index (χ4v) is 1.46. The zero-order chi connectivity index (χ0) is 11.4. The summed E-state index contributed by atoms with van der Waals surface area (Å²) >= 11 is 0. The molecule has 1 aliphatic carbocycles. The largest absolute Gasteiger partial charge is 0.481 e. The molecule has 0 unspecified atom stereocenters. The zero-order valence-corrected chi connectivity index (χ0v) is 8.10. The summed E-state index contributed by atoms with van der Waals surface area (Å²) in [4.78, 5) is 31.7. The van der Waals surface area contributed by atoms with Gasteiger partial charge in [0.15, 0.2) is 0 Å². The Hall–Kier alpha value is -1.59. The molecule has 0 aromatic rings. The standard InChI is InChI=1S/C9H13NO5/c11-7(1-2-8(12)13)10-6-3-5(4-6)9(14)15/h5-6H,1-4H2,(H,10,11)(H,12,13)(H,14,15). The van der Waals surface area contributed by atoms with Gasteiger partial charge >= 0.3 is 11.9 Å². The lowest BCUT2D eigenvalue weighted by Crippen LogP contribution is -2.46. The predicted octanol–water partition coefficient (Wildman–Crippen LogP) is -0.169. The van der Waals surface area contributed by atoms with Crippen molar-refractivity contribution in [1.82, 2.24) is 5.32 Å². The summed E-state index contributed by atoms with van der Waals surface area (Å²) in [6.45, 7) is 0. The van der Waals surface area contributed by atoms with Crippen LogP contribution in [0.1, 0.15) is 25.7 Å². The number of hydrogen-bond acceptors (Lipinski definition) is 3. The monoisotopic (exact) mass is 215 g/mol. The molecule has 0 bridgehead atoms. The molecule has 1 aliphatic rings. The third kappa shape index (κ3) is 3.57. The molecule has 3 N–H and O–H groups in total. The highest BCUT2D eigenvalue weighted by Gasteiger charge is 2.35. The molecular weight excluding hydrogens is 202 g/mol. The molecule has 0 aromatic carbocycles. The third-order valence-corrected chi connectivity index (χ3v) is 2.42. The van der Waals surface area contributed by atoms with Crippen molar-refractivity contribution >= 4 is 17.8 Å². The first-order valence-electron chi connectivity index (χ1n) is 4.73. The minimum Gasteiger partial charge on any atom is -0.481 e. The predicted molar refractivity (Wildman–Crippen MR) is 49.2 cm³/mol. The van der Waals surface area contributed by atoms with E-state index in [-0.39, 0.29) is 30.7 Å². The fraction of sp³-hybridized carbons (Fsp3) is 0.667. The molecule has 1 amide bonds. The number of hydrogen-bond donors (Lipinski definition) is 3. The molecule has 6 nitrogen and oxygen atoms in total. The van der Waals surface area contributed by atoms with Gasteiger partial charge in [-0.1, -0.05) is 0 Å². The van der Waals surface area contributed by atoms with Crippen LogP contribution in [0.25, 0.3) is 0 Å². The Morgan fingerprint density at radius 2 is 1.73 bits per heavy atom. The van der Waals surface area contributed by atoms with Crippen LogP contribution in [0.15, 0.2) is 0 Å². The Bertz CT molecular complexity index is 282. The molecule has 0 aromatic heterocycles. The zero-order valence-electron chi connectivity index (χ0n) is 8.10. The number of amides is 1. The normalized spacial score (nSPS) is 24.0. The maximum atomic E-state index is 11.1. The van der Waals surface area contributed by atoms with E-state index in [9.17, 15) is 14.4 Å². The van der Waals surface area contributed by atoms with E-state index < -0.39 is 11.9 Å². The van der Waals surface area contributed by atoms with Gasteiger partial charge < -0.3 is 15.5 Å². The first-order chi connectivity index (χ1) is 6.99. The number of carbonyl (C=O) groups is 3. The van der Waals surface area contributed by atoms with E-state index >= 15 is 0 Å². The van der Waals surface area contributed by atoms with E-state index in [4.69, 9.17) is 10.2 Å². The molecule has 0 atom stereocenters. The van der Waals surface area contributed by atoms with Crippen molar-refractivity contribution in [2.75, 3.05) is 0 Å². The van der Waals surface area contributed by atoms with Crippen LogP contribution in [-0.2, 0) is 14.4 Å². The summed E-state index contributed by atoms with van der Waals surface area (Å²) in [7, 11) is 0. The van der Waals surface area contributed by atoms with Crippen molar-refractivity contribution < 1.29 is 24.6 Å². The van der Waals surface area contributed by atoms with Gasteiger partial charge in [-0.2, -0.15) is 0 Å². The average molecular weight is 215 g/mol. The summed E-state index contributed by atoms with van der Waals surface area (Å²) in [5.74, 6) is -2.55. The van der Waals surface area contributed by atoms with Crippen LogP contribution in [-0.4, -0.2) is 34.1 Å². The van der Waals surface area contributed by atoms with Crippen LogP contribution in [0.4, 0.5) is 0 Å². The van der Waals surface area contributed by atoms with Gasteiger partial charge in [0.05, 0.1) is 12.3 Å². The molecule has 1 rings (SSSR count). The molecule has 84 valence electrons. The van der Waals surface area contributed by atoms with Gasteiger partial charge in [0.25, 0.3) is 0 Å². The van der Waals surface area contributed by atoms with Crippen LogP contribution in [0.3, 0.4) is 0 Å². The number of rotatable bonds is 5. The fourth-order valence-electron chi connectivity index (χ4n) is 1.46. The van der Waals surface area contributed by atoms with Crippen LogP contribution in [0.5, 0.6) is 0 Å². The smallest absolute Gasteiger partial charge is 0.306 e. The van der Waals surface area contributed by atoms with Crippen molar-refractivity contribution in [3.8, 4) is 0 Å². The van der Waals surface area contributed by atoms with Crippen LogP contribution < -0.4 is 5.32 Å². The van der Waals surface area contributed by atoms with E-state index in [2.05, 4.69) is 5.32 Å². The maximum Gasteiger partial charge on any atom is 0.306 e. The number of carbonyl (C=O) groups excluding carboxylic acids is 1. The summed E-state index contributed by atoms with van der Waals surface area (Å²) < 4.78 is 0. The SMILES string of the molecule is O=C(O)CCC(=O)NC1CC(C(=O)O)C1. The van der Waals surface area contributed by atoms with Crippen LogP contribution in [0.2, 0.25) is 0 Å². The van der Waals surface area contributed by atoms with Gasteiger partial charge in [0, 0.05) is 12.5 Å². The van der Waals surface area contributed by atoms with E-state index in [0.29, 0.717) is 12.8 Å². The van der Waals surface area contributed by atoms with Crippen molar-refractivity contribution in [1.29, 1.82) is 0 Å². The van der Waals surface area contributed by atoms with E-state index in [1.54, 1.807) is 0 Å².